The summed E-state index contributed by atoms with van der Waals surface area (Å²) in [6.45, 7) is 2.12. The maximum absolute atomic E-state index is 13.5. The van der Waals surface area contributed by atoms with Crippen molar-refractivity contribution >= 4 is 5.97 Å². The zero-order valence-corrected chi connectivity index (χ0v) is 9.16. The minimum absolute atomic E-state index is 0.0986. The molecule has 1 aromatic rings. The van der Waals surface area contributed by atoms with E-state index in [0.717, 1.165) is 0 Å². The Hall–Kier alpha value is -1.62. The second-order valence-corrected chi connectivity index (χ2v) is 3.53. The van der Waals surface area contributed by atoms with Gasteiger partial charge in [0.25, 0.3) is 0 Å². The summed E-state index contributed by atoms with van der Waals surface area (Å²) in [5, 5.41) is 8.92. The summed E-state index contributed by atoms with van der Waals surface area (Å²) < 4.78 is 18.3. The summed E-state index contributed by atoms with van der Waals surface area (Å²) in [5.74, 6) is -2.25. The van der Waals surface area contributed by atoms with Crippen molar-refractivity contribution in [3.63, 3.8) is 0 Å². The van der Waals surface area contributed by atoms with E-state index < -0.39 is 11.8 Å². The number of nitrogens with two attached hydrogens (primary N) is 1. The molecule has 1 atom stereocenters. The molecule has 1 rings (SSSR count). The Morgan fingerprint density at radius 1 is 1.62 bits per heavy atom. The van der Waals surface area contributed by atoms with Gasteiger partial charge in [0.15, 0.2) is 11.6 Å². The van der Waals surface area contributed by atoms with Crippen molar-refractivity contribution < 1.29 is 19.0 Å². The molecule has 0 radical (unpaired) electrons. The lowest BCUT2D eigenvalue weighted by Gasteiger charge is -2.13. The Balaban J connectivity index is 3.33. The second-order valence-electron chi connectivity index (χ2n) is 3.53. The molecule has 0 bridgehead atoms. The Bertz CT molecular complexity index is 406. The number of carbonyl (C=O) groups is 1. The maximum Gasteiger partial charge on any atom is 0.339 e. The minimum Gasteiger partial charge on any atom is -0.493 e. The molecule has 88 valence electrons. The van der Waals surface area contributed by atoms with Crippen molar-refractivity contribution in [2.24, 2.45) is 5.73 Å². The highest BCUT2D eigenvalue weighted by Gasteiger charge is 2.18. The molecule has 1 aromatic carbocycles. The highest BCUT2D eigenvalue weighted by atomic mass is 19.1. The molecule has 0 aromatic heterocycles. The number of aromatic carboxylic acids is 1. The lowest BCUT2D eigenvalue weighted by Crippen LogP contribution is -2.11. The van der Waals surface area contributed by atoms with Crippen LogP contribution in [0.25, 0.3) is 0 Å². The first-order chi connectivity index (χ1) is 7.51. The van der Waals surface area contributed by atoms with Crippen LogP contribution in [0.4, 0.5) is 4.39 Å². The largest absolute Gasteiger partial charge is 0.493 e. The third kappa shape index (κ3) is 2.30. The molecule has 0 fully saturated rings. The highest BCUT2D eigenvalue weighted by Crippen LogP contribution is 2.27. The van der Waals surface area contributed by atoms with Crippen LogP contribution < -0.4 is 10.5 Å². The molecular weight excluding hydrogens is 213 g/mol. The fourth-order valence-electron chi connectivity index (χ4n) is 1.40. The van der Waals surface area contributed by atoms with Gasteiger partial charge in [-0.1, -0.05) is 6.92 Å². The van der Waals surface area contributed by atoms with E-state index >= 15 is 0 Å². The minimum atomic E-state index is -1.22. The van der Waals surface area contributed by atoms with Crippen molar-refractivity contribution in [1.82, 2.24) is 0 Å². The monoisotopic (exact) mass is 227 g/mol. The average Bonchev–Trinajstić information content (AvgIpc) is 2.26. The zero-order valence-electron chi connectivity index (χ0n) is 9.16. The van der Waals surface area contributed by atoms with Gasteiger partial charge < -0.3 is 15.6 Å². The van der Waals surface area contributed by atoms with Gasteiger partial charge in [0.1, 0.15) is 5.56 Å². The zero-order chi connectivity index (χ0) is 12.3. The maximum atomic E-state index is 13.5. The van der Waals surface area contributed by atoms with Crippen molar-refractivity contribution in [3.05, 3.63) is 29.1 Å². The normalized spacial score (nSPS) is 12.2. The molecule has 0 saturated heterocycles. The van der Waals surface area contributed by atoms with Crippen LogP contribution in [0.3, 0.4) is 0 Å². The fraction of sp³-hybridized carbons (Fsp3) is 0.364. The van der Waals surface area contributed by atoms with Gasteiger partial charge in [-0.2, -0.15) is 0 Å². The van der Waals surface area contributed by atoms with Crippen LogP contribution in [-0.2, 0) is 0 Å². The Morgan fingerprint density at radius 3 is 2.69 bits per heavy atom. The number of hydrogen-bond acceptors (Lipinski definition) is 3. The van der Waals surface area contributed by atoms with E-state index in [0.29, 0.717) is 12.1 Å². The Morgan fingerprint density at radius 2 is 2.25 bits per heavy atom. The molecule has 0 amide bonds. The van der Waals surface area contributed by atoms with E-state index in [1.54, 1.807) is 6.92 Å². The SMILES string of the molecule is COc1c(F)cc(C(C)CN)cc1C(=O)O. The molecule has 0 saturated carbocycles. The third-order valence-corrected chi connectivity index (χ3v) is 2.42. The van der Waals surface area contributed by atoms with Crippen LogP contribution in [0.5, 0.6) is 5.75 Å². The van der Waals surface area contributed by atoms with Crippen LogP contribution in [-0.4, -0.2) is 24.7 Å². The quantitative estimate of drug-likeness (QED) is 0.819. The lowest BCUT2D eigenvalue weighted by atomic mass is 9.98. The summed E-state index contributed by atoms with van der Waals surface area (Å²) in [7, 11) is 1.23. The van der Waals surface area contributed by atoms with E-state index in [1.165, 1.54) is 19.2 Å². The number of benzene rings is 1. The number of methoxy groups -OCH3 is 1. The van der Waals surface area contributed by atoms with Gasteiger partial charge in [-0.25, -0.2) is 9.18 Å². The summed E-state index contributed by atoms with van der Waals surface area (Å²) in [6, 6.07) is 2.64. The molecule has 0 aliphatic rings. The standard InChI is InChI=1S/C11H14FNO3/c1-6(5-13)7-3-8(11(14)15)10(16-2)9(12)4-7/h3-4,6H,5,13H2,1-2H3,(H,14,15). The second kappa shape index (κ2) is 4.94. The van der Waals surface area contributed by atoms with Gasteiger partial charge in [-0.3, -0.25) is 0 Å². The predicted octanol–water partition coefficient (Wildman–Crippen LogP) is 1.59. The van der Waals surface area contributed by atoms with E-state index in [9.17, 15) is 9.18 Å². The summed E-state index contributed by atoms with van der Waals surface area (Å²) in [5.41, 5.74) is 5.82. The van der Waals surface area contributed by atoms with Crippen molar-refractivity contribution in [2.75, 3.05) is 13.7 Å². The summed E-state index contributed by atoms with van der Waals surface area (Å²) in [6.07, 6.45) is 0. The molecule has 5 heteroatoms. The number of ether oxygens (including phenoxy) is 1. The number of carboxylic acid groups (broad SMARTS) is 1. The molecule has 1 unspecified atom stereocenters. The molecule has 0 spiro atoms. The molecule has 0 heterocycles. The van der Waals surface area contributed by atoms with Gasteiger partial charge in [0.2, 0.25) is 0 Å². The van der Waals surface area contributed by atoms with Crippen LogP contribution >= 0.6 is 0 Å². The molecule has 0 aliphatic carbocycles. The molecule has 16 heavy (non-hydrogen) atoms. The van der Waals surface area contributed by atoms with Crippen molar-refractivity contribution in [3.8, 4) is 5.75 Å². The summed E-state index contributed by atoms with van der Waals surface area (Å²) in [4.78, 5) is 10.9. The van der Waals surface area contributed by atoms with Crippen LogP contribution in [0.1, 0.15) is 28.8 Å². The predicted molar refractivity (Wildman–Crippen MR) is 57.4 cm³/mol. The number of carboxylic acids is 1. The van der Waals surface area contributed by atoms with E-state index in [4.69, 9.17) is 15.6 Å². The van der Waals surface area contributed by atoms with E-state index in [2.05, 4.69) is 0 Å². The lowest BCUT2D eigenvalue weighted by molar-refractivity contribution is 0.0692. The van der Waals surface area contributed by atoms with Gasteiger partial charge in [0, 0.05) is 0 Å². The number of rotatable bonds is 4. The van der Waals surface area contributed by atoms with E-state index in [1.807, 2.05) is 0 Å². The third-order valence-electron chi connectivity index (χ3n) is 2.42. The Labute approximate surface area is 92.8 Å². The summed E-state index contributed by atoms with van der Waals surface area (Å²) >= 11 is 0. The highest BCUT2D eigenvalue weighted by molar-refractivity contribution is 5.91. The van der Waals surface area contributed by atoms with Gasteiger partial charge in [0.05, 0.1) is 7.11 Å². The van der Waals surface area contributed by atoms with Gasteiger partial charge in [-0.05, 0) is 30.2 Å². The fourth-order valence-corrected chi connectivity index (χ4v) is 1.40. The van der Waals surface area contributed by atoms with Crippen LogP contribution in [0, 0.1) is 5.82 Å². The molecule has 0 aliphatic heterocycles. The molecule has 4 nitrogen and oxygen atoms in total. The smallest absolute Gasteiger partial charge is 0.339 e. The first-order valence-corrected chi connectivity index (χ1v) is 4.82. The van der Waals surface area contributed by atoms with Crippen molar-refractivity contribution in [2.45, 2.75) is 12.8 Å². The van der Waals surface area contributed by atoms with Crippen molar-refractivity contribution in [1.29, 1.82) is 0 Å². The Kier molecular flexibility index (Phi) is 3.84. The first kappa shape index (κ1) is 12.4. The number of hydrogen-bond donors (Lipinski definition) is 2. The molecular formula is C11H14FNO3. The topological polar surface area (TPSA) is 72.5 Å². The van der Waals surface area contributed by atoms with Crippen LogP contribution in [0.15, 0.2) is 12.1 Å². The first-order valence-electron chi connectivity index (χ1n) is 4.82. The van der Waals surface area contributed by atoms with Crippen LogP contribution in [0.2, 0.25) is 0 Å². The molecule has 3 N–H and O–H groups in total. The average molecular weight is 227 g/mol. The van der Waals surface area contributed by atoms with Gasteiger partial charge >= 0.3 is 5.97 Å². The number of halogens is 1. The van der Waals surface area contributed by atoms with Gasteiger partial charge in [-0.15, -0.1) is 0 Å². The van der Waals surface area contributed by atoms with E-state index in [-0.39, 0.29) is 17.2 Å².